The van der Waals surface area contributed by atoms with Gasteiger partial charge in [0.1, 0.15) is 5.15 Å². The Morgan fingerprint density at radius 1 is 1.40 bits per heavy atom. The first-order valence-electron chi connectivity index (χ1n) is 4.57. The number of hydrogen-bond acceptors (Lipinski definition) is 3. The molecule has 0 amide bonds. The van der Waals surface area contributed by atoms with Gasteiger partial charge in [0.05, 0.1) is 12.2 Å². The van der Waals surface area contributed by atoms with E-state index in [1.54, 1.807) is 0 Å². The van der Waals surface area contributed by atoms with Gasteiger partial charge in [-0.3, -0.25) is 4.90 Å². The molecule has 0 atom stereocenters. The van der Waals surface area contributed by atoms with E-state index in [9.17, 15) is 0 Å². The fourth-order valence-corrected chi connectivity index (χ4v) is 2.19. The van der Waals surface area contributed by atoms with Gasteiger partial charge < -0.3 is 0 Å². The minimum Gasteiger partial charge on any atom is -0.286 e. The molecule has 0 bridgehead atoms. The molecule has 0 saturated heterocycles. The summed E-state index contributed by atoms with van der Waals surface area (Å²) >= 11 is 11.7. The standard InChI is InChI=1S/C10H9Cl2N3/c1-2-4-15-5-3-7-8(6-15)13-10(12)14-9(7)11/h1H,3-6H2. The first-order chi connectivity index (χ1) is 7.20. The Balaban J connectivity index is 2.30. The molecule has 3 nitrogen and oxygen atoms in total. The number of hydrogen-bond donors (Lipinski definition) is 0. The van der Waals surface area contributed by atoms with Crippen LogP contribution in [-0.2, 0) is 13.0 Å². The van der Waals surface area contributed by atoms with Gasteiger partial charge in [-0.15, -0.1) is 6.42 Å². The molecule has 5 heteroatoms. The Kier molecular flexibility index (Phi) is 3.11. The topological polar surface area (TPSA) is 29.0 Å². The van der Waals surface area contributed by atoms with E-state index in [4.69, 9.17) is 29.6 Å². The van der Waals surface area contributed by atoms with Crippen molar-refractivity contribution in [2.75, 3.05) is 13.1 Å². The summed E-state index contributed by atoms with van der Waals surface area (Å²) < 4.78 is 0. The summed E-state index contributed by atoms with van der Waals surface area (Å²) in [4.78, 5) is 10.2. The maximum Gasteiger partial charge on any atom is 0.224 e. The molecule has 78 valence electrons. The molecule has 1 aromatic rings. The molecule has 15 heavy (non-hydrogen) atoms. The SMILES string of the molecule is C#CCN1CCc2c(Cl)nc(Cl)nc2C1. The Hall–Kier alpha value is -0.820. The summed E-state index contributed by atoms with van der Waals surface area (Å²) in [6.45, 7) is 2.21. The molecule has 0 spiro atoms. The lowest BCUT2D eigenvalue weighted by atomic mass is 10.1. The van der Waals surface area contributed by atoms with Crippen molar-refractivity contribution in [3.63, 3.8) is 0 Å². The molecule has 0 aromatic carbocycles. The third kappa shape index (κ3) is 2.23. The van der Waals surface area contributed by atoms with Crippen molar-refractivity contribution in [1.82, 2.24) is 14.9 Å². The predicted molar refractivity (Wildman–Crippen MR) is 59.9 cm³/mol. The first kappa shape index (κ1) is 10.7. The van der Waals surface area contributed by atoms with E-state index >= 15 is 0 Å². The molecule has 0 saturated carbocycles. The summed E-state index contributed by atoms with van der Waals surface area (Å²) in [5.41, 5.74) is 1.89. The number of halogens is 2. The van der Waals surface area contributed by atoms with Crippen molar-refractivity contribution < 1.29 is 0 Å². The third-order valence-corrected chi connectivity index (χ3v) is 2.86. The Morgan fingerprint density at radius 2 is 2.20 bits per heavy atom. The summed E-state index contributed by atoms with van der Waals surface area (Å²) in [6, 6.07) is 0. The van der Waals surface area contributed by atoms with E-state index in [-0.39, 0.29) is 5.28 Å². The van der Waals surface area contributed by atoms with Gasteiger partial charge in [-0.05, 0) is 18.0 Å². The zero-order chi connectivity index (χ0) is 10.8. The van der Waals surface area contributed by atoms with Gasteiger partial charge in [-0.1, -0.05) is 17.5 Å². The van der Waals surface area contributed by atoms with Crippen LogP contribution in [0.4, 0.5) is 0 Å². The monoisotopic (exact) mass is 241 g/mol. The Morgan fingerprint density at radius 3 is 2.93 bits per heavy atom. The summed E-state index contributed by atoms with van der Waals surface area (Å²) in [5.74, 6) is 2.61. The maximum absolute atomic E-state index is 5.98. The van der Waals surface area contributed by atoms with Gasteiger partial charge in [-0.25, -0.2) is 9.97 Å². The lowest BCUT2D eigenvalue weighted by molar-refractivity contribution is 0.281. The van der Waals surface area contributed by atoms with Gasteiger partial charge >= 0.3 is 0 Å². The van der Waals surface area contributed by atoms with E-state index in [2.05, 4.69) is 20.8 Å². The van der Waals surface area contributed by atoms with Crippen molar-refractivity contribution in [1.29, 1.82) is 0 Å². The predicted octanol–water partition coefficient (Wildman–Crippen LogP) is 1.77. The number of terminal acetylenes is 1. The molecule has 1 aliphatic heterocycles. The van der Waals surface area contributed by atoms with Crippen LogP contribution in [-0.4, -0.2) is 28.0 Å². The zero-order valence-corrected chi connectivity index (χ0v) is 9.52. The minimum atomic E-state index is 0.196. The Bertz CT molecular complexity index is 425. The van der Waals surface area contributed by atoms with Gasteiger partial charge in [-0.2, -0.15) is 0 Å². The summed E-state index contributed by atoms with van der Waals surface area (Å²) in [5, 5.41) is 0.659. The largest absolute Gasteiger partial charge is 0.286 e. The van der Waals surface area contributed by atoms with Crippen LogP contribution in [0.2, 0.25) is 10.4 Å². The van der Waals surface area contributed by atoms with Crippen LogP contribution in [0.25, 0.3) is 0 Å². The van der Waals surface area contributed by atoms with Gasteiger partial charge in [0.25, 0.3) is 0 Å². The second-order valence-corrected chi connectivity index (χ2v) is 4.07. The average Bonchev–Trinajstić information content (AvgIpc) is 2.17. The quantitative estimate of drug-likeness (QED) is 0.427. The smallest absolute Gasteiger partial charge is 0.224 e. The van der Waals surface area contributed by atoms with E-state index in [1.807, 2.05) is 0 Å². The molecular weight excluding hydrogens is 233 g/mol. The molecule has 2 heterocycles. The highest BCUT2D eigenvalue weighted by atomic mass is 35.5. The number of fused-ring (bicyclic) bond motifs is 1. The van der Waals surface area contributed by atoms with Gasteiger partial charge in [0.2, 0.25) is 5.28 Å². The zero-order valence-electron chi connectivity index (χ0n) is 8.00. The molecule has 0 N–H and O–H groups in total. The van der Waals surface area contributed by atoms with E-state index in [1.165, 1.54) is 0 Å². The molecule has 0 radical (unpaired) electrons. The average molecular weight is 242 g/mol. The van der Waals surface area contributed by atoms with Crippen molar-refractivity contribution >= 4 is 23.2 Å². The first-order valence-corrected chi connectivity index (χ1v) is 5.33. The van der Waals surface area contributed by atoms with Crippen molar-refractivity contribution in [2.45, 2.75) is 13.0 Å². The van der Waals surface area contributed by atoms with Crippen molar-refractivity contribution in [3.8, 4) is 12.3 Å². The lowest BCUT2D eigenvalue weighted by Gasteiger charge is -2.26. The highest BCUT2D eigenvalue weighted by molar-refractivity contribution is 6.32. The normalized spacial score (nSPS) is 15.8. The second-order valence-electron chi connectivity index (χ2n) is 3.37. The number of nitrogens with zero attached hydrogens (tertiary/aromatic N) is 3. The maximum atomic E-state index is 5.98. The van der Waals surface area contributed by atoms with Crippen LogP contribution in [0.15, 0.2) is 0 Å². The van der Waals surface area contributed by atoms with Crippen LogP contribution in [0, 0.1) is 12.3 Å². The lowest BCUT2D eigenvalue weighted by Crippen LogP contribution is -2.31. The highest BCUT2D eigenvalue weighted by Crippen LogP contribution is 2.24. The van der Waals surface area contributed by atoms with E-state index < -0.39 is 0 Å². The molecule has 0 unspecified atom stereocenters. The fourth-order valence-electron chi connectivity index (χ4n) is 1.67. The van der Waals surface area contributed by atoms with Crippen LogP contribution < -0.4 is 0 Å². The van der Waals surface area contributed by atoms with Gasteiger partial charge in [0.15, 0.2) is 0 Å². The number of aromatic nitrogens is 2. The number of rotatable bonds is 1. The van der Waals surface area contributed by atoms with Crippen molar-refractivity contribution in [2.24, 2.45) is 0 Å². The van der Waals surface area contributed by atoms with Crippen LogP contribution >= 0.6 is 23.2 Å². The molecule has 1 aliphatic rings. The molecule has 2 rings (SSSR count). The van der Waals surface area contributed by atoms with Crippen LogP contribution in [0.3, 0.4) is 0 Å². The second kappa shape index (κ2) is 4.36. The molecular formula is C10H9Cl2N3. The molecule has 0 aliphatic carbocycles. The summed E-state index contributed by atoms with van der Waals surface area (Å²) in [7, 11) is 0. The van der Waals surface area contributed by atoms with E-state index in [0.717, 1.165) is 24.2 Å². The fraction of sp³-hybridized carbons (Fsp3) is 0.400. The summed E-state index contributed by atoms with van der Waals surface area (Å²) in [6.07, 6.45) is 6.09. The highest BCUT2D eigenvalue weighted by Gasteiger charge is 2.20. The van der Waals surface area contributed by atoms with Crippen molar-refractivity contribution in [3.05, 3.63) is 21.7 Å². The molecule has 0 fully saturated rings. The Labute approximate surface area is 98.4 Å². The molecule has 1 aromatic heterocycles. The minimum absolute atomic E-state index is 0.196. The van der Waals surface area contributed by atoms with E-state index in [0.29, 0.717) is 18.2 Å². The van der Waals surface area contributed by atoms with Crippen LogP contribution in [0.5, 0.6) is 0 Å². The van der Waals surface area contributed by atoms with Crippen LogP contribution in [0.1, 0.15) is 11.3 Å². The van der Waals surface area contributed by atoms with Gasteiger partial charge in [0, 0.05) is 18.7 Å². The third-order valence-electron chi connectivity index (χ3n) is 2.38.